The summed E-state index contributed by atoms with van der Waals surface area (Å²) in [6, 6.07) is 7.98. The number of rotatable bonds is 4. The fraction of sp³-hybridized carbons (Fsp3) is 0.583. The molecule has 1 saturated heterocycles. The lowest BCUT2D eigenvalue weighted by Gasteiger charge is -2.44. The molecule has 162 valence electrons. The molecule has 1 heterocycles. The molecular weight excluding hydrogens is 416 g/mol. The van der Waals surface area contributed by atoms with E-state index in [1.165, 1.54) is 19.3 Å². The van der Waals surface area contributed by atoms with Gasteiger partial charge in [0, 0.05) is 22.4 Å². The molecule has 1 aliphatic heterocycles. The van der Waals surface area contributed by atoms with Gasteiger partial charge >= 0.3 is 0 Å². The predicted octanol–water partition coefficient (Wildman–Crippen LogP) is 5.26. The Hall–Kier alpha value is -1.46. The van der Waals surface area contributed by atoms with Crippen molar-refractivity contribution in [1.82, 2.24) is 10.2 Å². The number of amides is 2. The van der Waals surface area contributed by atoms with Crippen molar-refractivity contribution in [2.24, 2.45) is 5.92 Å². The highest BCUT2D eigenvalue weighted by Gasteiger charge is 2.41. The highest BCUT2D eigenvalue weighted by atomic mass is 35.5. The van der Waals surface area contributed by atoms with Crippen molar-refractivity contribution >= 4 is 41.3 Å². The van der Waals surface area contributed by atoms with Crippen LogP contribution in [0.25, 0.3) is 6.08 Å². The molecule has 4 rings (SSSR count). The Morgan fingerprint density at radius 2 is 1.90 bits per heavy atom. The maximum absolute atomic E-state index is 13.4. The van der Waals surface area contributed by atoms with Gasteiger partial charge in [0.1, 0.15) is 6.54 Å². The van der Waals surface area contributed by atoms with E-state index in [1.807, 2.05) is 35.2 Å². The van der Waals surface area contributed by atoms with E-state index >= 15 is 0 Å². The van der Waals surface area contributed by atoms with Crippen LogP contribution < -0.4 is 5.32 Å². The third kappa shape index (κ3) is 5.05. The smallest absolute Gasteiger partial charge is 0.261 e. The number of benzene rings is 1. The van der Waals surface area contributed by atoms with Crippen molar-refractivity contribution < 1.29 is 9.59 Å². The fourth-order valence-corrected chi connectivity index (χ4v) is 6.58. The topological polar surface area (TPSA) is 49.4 Å². The molecule has 3 fully saturated rings. The Morgan fingerprint density at radius 1 is 1.17 bits per heavy atom. The molecule has 1 aromatic carbocycles. The normalized spacial score (nSPS) is 30.8. The number of nitrogens with one attached hydrogen (secondary N) is 1. The van der Waals surface area contributed by atoms with Crippen molar-refractivity contribution in [2.75, 3.05) is 6.54 Å². The number of carbonyl (C=O) groups is 2. The molecule has 4 nitrogen and oxygen atoms in total. The largest absolute Gasteiger partial charge is 0.352 e. The summed E-state index contributed by atoms with van der Waals surface area (Å²) in [6.07, 6.45) is 10.7. The number of halogens is 1. The molecule has 0 aromatic heterocycles. The van der Waals surface area contributed by atoms with Gasteiger partial charge in [0.2, 0.25) is 5.91 Å². The average molecular weight is 447 g/mol. The van der Waals surface area contributed by atoms with Crippen LogP contribution in [0.4, 0.5) is 0 Å². The van der Waals surface area contributed by atoms with Gasteiger partial charge in [-0.1, -0.05) is 49.6 Å². The van der Waals surface area contributed by atoms with E-state index in [2.05, 4.69) is 12.2 Å². The minimum absolute atomic E-state index is 0.0174. The second-order valence-electron chi connectivity index (χ2n) is 9.00. The summed E-state index contributed by atoms with van der Waals surface area (Å²) in [6.45, 7) is 2.44. The Morgan fingerprint density at radius 3 is 2.67 bits per heavy atom. The van der Waals surface area contributed by atoms with E-state index in [0.717, 1.165) is 43.6 Å². The molecule has 0 spiro atoms. The molecule has 2 unspecified atom stereocenters. The van der Waals surface area contributed by atoms with Crippen LogP contribution >= 0.6 is 23.4 Å². The van der Waals surface area contributed by atoms with Gasteiger partial charge in [-0.05, 0) is 62.1 Å². The maximum Gasteiger partial charge on any atom is 0.261 e. The lowest BCUT2D eigenvalue weighted by atomic mass is 9.87. The van der Waals surface area contributed by atoms with E-state index in [0.29, 0.717) is 15.2 Å². The molecule has 2 aliphatic carbocycles. The van der Waals surface area contributed by atoms with E-state index < -0.39 is 0 Å². The van der Waals surface area contributed by atoms with Gasteiger partial charge in [0.05, 0.1) is 4.91 Å². The number of hydrogen-bond donors (Lipinski definition) is 1. The predicted molar refractivity (Wildman–Crippen MR) is 124 cm³/mol. The summed E-state index contributed by atoms with van der Waals surface area (Å²) < 4.78 is 0. The molecule has 1 N–H and O–H groups in total. The quantitative estimate of drug-likeness (QED) is 0.641. The van der Waals surface area contributed by atoms with Gasteiger partial charge in [-0.3, -0.25) is 9.59 Å². The maximum atomic E-state index is 13.4. The number of thioether (sulfide) groups is 1. The second-order valence-corrected chi connectivity index (χ2v) is 10.7. The van der Waals surface area contributed by atoms with Crippen LogP contribution in [0.3, 0.4) is 0 Å². The summed E-state index contributed by atoms with van der Waals surface area (Å²) in [5.41, 5.74) is 0.852. The zero-order valence-corrected chi connectivity index (χ0v) is 19.2. The van der Waals surface area contributed by atoms with Crippen molar-refractivity contribution in [1.29, 1.82) is 0 Å². The number of carbonyl (C=O) groups excluding carboxylic acids is 2. The third-order valence-corrected chi connectivity index (χ3v) is 8.45. The molecule has 2 atom stereocenters. The van der Waals surface area contributed by atoms with Crippen molar-refractivity contribution in [3.05, 3.63) is 39.8 Å². The van der Waals surface area contributed by atoms with Crippen LogP contribution in [0.15, 0.2) is 29.2 Å². The Labute approximate surface area is 188 Å². The van der Waals surface area contributed by atoms with Gasteiger partial charge in [-0.15, -0.1) is 11.8 Å². The highest BCUT2D eigenvalue weighted by Crippen LogP contribution is 2.42. The lowest BCUT2D eigenvalue weighted by molar-refractivity contribution is -0.136. The van der Waals surface area contributed by atoms with Gasteiger partial charge in [0.25, 0.3) is 5.91 Å². The SMILES string of the molecule is CC1CCC(NC(=O)CN2C(=O)/C(=C\c3ccccc3Cl)SC3CCCCC32)CC1. The summed E-state index contributed by atoms with van der Waals surface area (Å²) in [5.74, 6) is 0.700. The van der Waals surface area contributed by atoms with E-state index in [9.17, 15) is 9.59 Å². The summed E-state index contributed by atoms with van der Waals surface area (Å²) >= 11 is 8.00. The summed E-state index contributed by atoms with van der Waals surface area (Å²) in [4.78, 5) is 28.8. The molecule has 2 saturated carbocycles. The molecule has 0 bridgehead atoms. The van der Waals surface area contributed by atoms with Crippen LogP contribution in [0.1, 0.15) is 63.9 Å². The number of fused-ring (bicyclic) bond motifs is 1. The van der Waals surface area contributed by atoms with Crippen LogP contribution in [0, 0.1) is 5.92 Å². The lowest BCUT2D eigenvalue weighted by Crippen LogP contribution is -2.55. The Kier molecular flexibility index (Phi) is 7.09. The van der Waals surface area contributed by atoms with Gasteiger partial charge < -0.3 is 10.2 Å². The second kappa shape index (κ2) is 9.78. The Bertz CT molecular complexity index is 819. The fourth-order valence-electron chi connectivity index (χ4n) is 4.93. The third-order valence-electron chi connectivity index (χ3n) is 6.70. The Balaban J connectivity index is 1.50. The van der Waals surface area contributed by atoms with Crippen LogP contribution in [0.5, 0.6) is 0 Å². The van der Waals surface area contributed by atoms with E-state index in [1.54, 1.807) is 11.8 Å². The number of nitrogens with zero attached hydrogens (tertiary/aromatic N) is 1. The molecular formula is C24H31ClN2O2S. The van der Waals surface area contributed by atoms with Crippen LogP contribution in [-0.2, 0) is 9.59 Å². The van der Waals surface area contributed by atoms with Gasteiger partial charge in [0.15, 0.2) is 0 Å². The van der Waals surface area contributed by atoms with E-state index in [4.69, 9.17) is 11.6 Å². The monoisotopic (exact) mass is 446 g/mol. The van der Waals surface area contributed by atoms with Crippen LogP contribution in [-0.4, -0.2) is 40.6 Å². The molecule has 1 aromatic rings. The minimum Gasteiger partial charge on any atom is -0.352 e. The summed E-state index contributed by atoms with van der Waals surface area (Å²) in [7, 11) is 0. The first-order chi connectivity index (χ1) is 14.5. The summed E-state index contributed by atoms with van der Waals surface area (Å²) in [5, 5.41) is 4.19. The zero-order valence-electron chi connectivity index (χ0n) is 17.6. The van der Waals surface area contributed by atoms with Gasteiger partial charge in [-0.25, -0.2) is 0 Å². The molecule has 2 amide bonds. The van der Waals surface area contributed by atoms with Crippen LogP contribution in [0.2, 0.25) is 5.02 Å². The highest BCUT2D eigenvalue weighted by molar-refractivity contribution is 8.04. The molecule has 0 radical (unpaired) electrons. The minimum atomic E-state index is -0.0320. The van der Waals surface area contributed by atoms with Crippen molar-refractivity contribution in [3.8, 4) is 0 Å². The standard InChI is InChI=1S/C24H31ClN2O2S/c1-16-10-12-18(13-11-16)26-23(28)15-27-20-8-4-5-9-21(20)30-22(24(27)29)14-17-6-2-3-7-19(17)25/h2-3,6-7,14,16,18,20-21H,4-5,8-13,15H2,1H3,(H,26,28)/b22-14+. The average Bonchev–Trinajstić information content (AvgIpc) is 2.74. The first-order valence-corrected chi connectivity index (χ1v) is 12.5. The van der Waals surface area contributed by atoms with Crippen molar-refractivity contribution in [2.45, 2.75) is 75.6 Å². The van der Waals surface area contributed by atoms with Gasteiger partial charge in [-0.2, -0.15) is 0 Å². The first kappa shape index (κ1) is 21.8. The first-order valence-electron chi connectivity index (χ1n) is 11.2. The molecule has 30 heavy (non-hydrogen) atoms. The molecule has 6 heteroatoms. The van der Waals surface area contributed by atoms with Crippen molar-refractivity contribution in [3.63, 3.8) is 0 Å². The number of hydrogen-bond acceptors (Lipinski definition) is 3. The van der Waals surface area contributed by atoms with E-state index in [-0.39, 0.29) is 30.4 Å². The zero-order chi connectivity index (χ0) is 21.1. The molecule has 3 aliphatic rings.